The molecule has 4 nitrogen and oxygen atoms in total. The molecule has 1 N–H and O–H groups in total. The fourth-order valence-corrected chi connectivity index (χ4v) is 3.79. The van der Waals surface area contributed by atoms with Gasteiger partial charge in [-0.15, -0.1) is 0 Å². The highest BCUT2D eigenvalue weighted by Gasteiger charge is 2.70. The molecular formula is C12H14O4. The molecule has 2 fully saturated rings. The molecule has 1 spiro atoms. The lowest BCUT2D eigenvalue weighted by molar-refractivity contribution is -0.156. The summed E-state index contributed by atoms with van der Waals surface area (Å²) in [5.41, 5.74) is 0.0852. The molecular weight excluding hydrogens is 208 g/mol. The van der Waals surface area contributed by atoms with Crippen LogP contribution < -0.4 is 0 Å². The van der Waals surface area contributed by atoms with E-state index in [1.165, 1.54) is 7.11 Å². The molecule has 0 saturated heterocycles. The molecule has 0 aliphatic heterocycles. The fraction of sp³-hybridized carbons (Fsp3) is 0.667. The van der Waals surface area contributed by atoms with Gasteiger partial charge in [-0.3, -0.25) is 9.59 Å². The molecule has 0 radical (unpaired) electrons. The number of hydrogen-bond donors (Lipinski definition) is 1. The Morgan fingerprint density at radius 2 is 1.81 bits per heavy atom. The summed E-state index contributed by atoms with van der Waals surface area (Å²) >= 11 is 0. The van der Waals surface area contributed by atoms with Gasteiger partial charge in [0.2, 0.25) is 0 Å². The third kappa shape index (κ3) is 0.950. The minimum atomic E-state index is -0.862. The van der Waals surface area contributed by atoms with Crippen molar-refractivity contribution >= 4 is 11.9 Å². The summed E-state index contributed by atoms with van der Waals surface area (Å²) in [6.45, 7) is 0. The molecule has 0 unspecified atom stereocenters. The zero-order valence-corrected chi connectivity index (χ0v) is 9.05. The number of esters is 1. The third-order valence-electron chi connectivity index (χ3n) is 4.60. The number of methoxy groups -OCH3 is 1. The van der Waals surface area contributed by atoms with E-state index in [9.17, 15) is 14.7 Å². The molecule has 86 valence electrons. The molecule has 0 aromatic heterocycles. The van der Waals surface area contributed by atoms with Crippen LogP contribution in [0.1, 0.15) is 12.8 Å². The number of carbonyl (C=O) groups excluding carboxylic acids is 1. The molecule has 2 bridgehead atoms. The van der Waals surface area contributed by atoms with Gasteiger partial charge in [-0.1, -0.05) is 12.2 Å². The highest BCUT2D eigenvalue weighted by molar-refractivity contribution is 5.84. The van der Waals surface area contributed by atoms with E-state index in [0.29, 0.717) is 0 Å². The van der Waals surface area contributed by atoms with Crippen molar-refractivity contribution < 1.29 is 19.4 Å². The summed E-state index contributed by atoms with van der Waals surface area (Å²) < 4.78 is 4.75. The second-order valence-corrected chi connectivity index (χ2v) is 5.08. The first-order valence-corrected chi connectivity index (χ1v) is 5.61. The van der Waals surface area contributed by atoms with E-state index in [1.807, 2.05) is 12.2 Å². The lowest BCUT2D eigenvalue weighted by atomic mass is 9.83. The van der Waals surface area contributed by atoms with Gasteiger partial charge >= 0.3 is 11.9 Å². The molecule has 2 saturated carbocycles. The van der Waals surface area contributed by atoms with Crippen LogP contribution in [0, 0.1) is 29.1 Å². The predicted molar refractivity (Wildman–Crippen MR) is 54.4 cm³/mol. The van der Waals surface area contributed by atoms with Crippen molar-refractivity contribution in [3.63, 3.8) is 0 Å². The van der Waals surface area contributed by atoms with Crippen LogP contribution in [0.25, 0.3) is 0 Å². The van der Waals surface area contributed by atoms with Crippen molar-refractivity contribution in [2.45, 2.75) is 12.8 Å². The summed E-state index contributed by atoms with van der Waals surface area (Å²) in [6.07, 6.45) is 6.12. The maximum absolute atomic E-state index is 11.7. The summed E-state index contributed by atoms with van der Waals surface area (Å²) in [5.74, 6) is -2.15. The topological polar surface area (TPSA) is 63.6 Å². The third-order valence-corrected chi connectivity index (χ3v) is 4.60. The van der Waals surface area contributed by atoms with Crippen molar-refractivity contribution in [2.24, 2.45) is 29.1 Å². The van der Waals surface area contributed by atoms with Gasteiger partial charge in [0, 0.05) is 0 Å². The number of allylic oxidation sites excluding steroid dienone is 2. The Balaban J connectivity index is 2.01. The second-order valence-electron chi connectivity index (χ2n) is 5.08. The molecule has 0 aromatic rings. The second kappa shape index (κ2) is 2.87. The summed E-state index contributed by atoms with van der Waals surface area (Å²) in [6, 6.07) is 0. The molecule has 3 aliphatic carbocycles. The zero-order chi connectivity index (χ0) is 11.5. The van der Waals surface area contributed by atoms with Crippen LogP contribution in [-0.4, -0.2) is 24.2 Å². The van der Waals surface area contributed by atoms with Crippen molar-refractivity contribution in [2.75, 3.05) is 7.11 Å². The number of hydrogen-bond acceptors (Lipinski definition) is 3. The van der Waals surface area contributed by atoms with Crippen LogP contribution in [0.2, 0.25) is 0 Å². The minimum absolute atomic E-state index is 0.0408. The lowest BCUT2D eigenvalue weighted by Crippen LogP contribution is -2.33. The van der Waals surface area contributed by atoms with E-state index in [4.69, 9.17) is 4.74 Å². The van der Waals surface area contributed by atoms with Gasteiger partial charge in [0.25, 0.3) is 0 Å². The van der Waals surface area contributed by atoms with Gasteiger partial charge in [-0.25, -0.2) is 0 Å². The lowest BCUT2D eigenvalue weighted by Gasteiger charge is -2.21. The standard InChI is InChI=1S/C12H14O4/c1-16-11(15)9-7-3-2-6(8(9)10(13)14)12(7)4-5-12/h2-3,6-9H,4-5H2,1H3,(H,13,14)/t6-,7-,8+,9-/m0/s1. The van der Waals surface area contributed by atoms with Crippen LogP contribution in [0.4, 0.5) is 0 Å². The first-order valence-electron chi connectivity index (χ1n) is 5.61. The molecule has 0 aromatic carbocycles. The number of ether oxygens (including phenoxy) is 1. The van der Waals surface area contributed by atoms with Crippen molar-refractivity contribution in [3.05, 3.63) is 12.2 Å². The van der Waals surface area contributed by atoms with E-state index in [-0.39, 0.29) is 23.2 Å². The van der Waals surface area contributed by atoms with E-state index in [2.05, 4.69) is 0 Å². The maximum atomic E-state index is 11.7. The normalized spacial score (nSPS) is 41.3. The van der Waals surface area contributed by atoms with Gasteiger partial charge in [0.05, 0.1) is 18.9 Å². The van der Waals surface area contributed by atoms with Crippen molar-refractivity contribution in [1.82, 2.24) is 0 Å². The molecule has 4 heteroatoms. The van der Waals surface area contributed by atoms with E-state index in [1.54, 1.807) is 0 Å². The van der Waals surface area contributed by atoms with Gasteiger partial charge in [0.15, 0.2) is 0 Å². The van der Waals surface area contributed by atoms with Crippen molar-refractivity contribution in [1.29, 1.82) is 0 Å². The Labute approximate surface area is 93.3 Å². The van der Waals surface area contributed by atoms with Crippen LogP contribution >= 0.6 is 0 Å². The van der Waals surface area contributed by atoms with E-state index < -0.39 is 17.8 Å². The molecule has 0 amide bonds. The number of rotatable bonds is 2. The quantitative estimate of drug-likeness (QED) is 0.560. The Hall–Kier alpha value is -1.32. The van der Waals surface area contributed by atoms with E-state index in [0.717, 1.165) is 12.8 Å². The van der Waals surface area contributed by atoms with Gasteiger partial charge in [-0.05, 0) is 30.1 Å². The Morgan fingerprint density at radius 1 is 1.25 bits per heavy atom. The largest absolute Gasteiger partial charge is 0.481 e. The SMILES string of the molecule is COC(=O)[C@@H]1[C@H](C(=O)O)[C@@H]2C=C[C@@H]1C21CC1. The number of aliphatic carboxylic acids is 1. The number of carbonyl (C=O) groups is 2. The molecule has 4 atom stereocenters. The van der Waals surface area contributed by atoms with Gasteiger partial charge in [-0.2, -0.15) is 0 Å². The molecule has 16 heavy (non-hydrogen) atoms. The number of carboxylic acids is 1. The fourth-order valence-electron chi connectivity index (χ4n) is 3.79. The maximum Gasteiger partial charge on any atom is 0.310 e. The Kier molecular flexibility index (Phi) is 1.77. The smallest absolute Gasteiger partial charge is 0.310 e. The zero-order valence-electron chi connectivity index (χ0n) is 9.05. The first kappa shape index (κ1) is 9.87. The summed E-state index contributed by atoms with van der Waals surface area (Å²) in [4.78, 5) is 23.0. The van der Waals surface area contributed by atoms with Crippen LogP contribution in [0.5, 0.6) is 0 Å². The van der Waals surface area contributed by atoms with Crippen LogP contribution in [-0.2, 0) is 14.3 Å². The minimum Gasteiger partial charge on any atom is -0.481 e. The molecule has 0 heterocycles. The number of carboxylic acid groups (broad SMARTS) is 1. The van der Waals surface area contributed by atoms with E-state index >= 15 is 0 Å². The predicted octanol–water partition coefficient (Wildman–Crippen LogP) is 1.07. The molecule has 3 aliphatic rings. The average Bonchev–Trinajstić information content (AvgIpc) is 2.92. The van der Waals surface area contributed by atoms with Crippen LogP contribution in [0.3, 0.4) is 0 Å². The highest BCUT2D eigenvalue weighted by atomic mass is 16.5. The Morgan fingerprint density at radius 3 is 2.25 bits per heavy atom. The van der Waals surface area contributed by atoms with Gasteiger partial charge in [0.1, 0.15) is 0 Å². The first-order chi connectivity index (χ1) is 7.62. The van der Waals surface area contributed by atoms with Crippen molar-refractivity contribution in [3.8, 4) is 0 Å². The summed E-state index contributed by atoms with van der Waals surface area (Å²) in [7, 11) is 1.33. The monoisotopic (exact) mass is 222 g/mol. The van der Waals surface area contributed by atoms with Gasteiger partial charge < -0.3 is 9.84 Å². The summed E-state index contributed by atoms with van der Waals surface area (Å²) in [5, 5.41) is 9.27. The highest BCUT2D eigenvalue weighted by Crippen LogP contribution is 2.72. The van der Waals surface area contributed by atoms with Crippen LogP contribution in [0.15, 0.2) is 12.2 Å². The average molecular weight is 222 g/mol. The Bertz CT molecular complexity index is 394. The molecule has 3 rings (SSSR count).